The molecule has 104 valence electrons. The number of nitrogens with two attached hydrogens (primary N) is 1. The fourth-order valence-corrected chi connectivity index (χ4v) is 1.80. The highest BCUT2D eigenvalue weighted by molar-refractivity contribution is 5.90. The Balaban J connectivity index is 1.82. The minimum Gasteiger partial charge on any atom is -0.368 e. The summed E-state index contributed by atoms with van der Waals surface area (Å²) in [5, 5.41) is 6.66. The summed E-state index contributed by atoms with van der Waals surface area (Å²) in [5.41, 5.74) is 6.74. The highest BCUT2D eigenvalue weighted by Gasteiger charge is 2.06. The van der Waals surface area contributed by atoms with Crippen LogP contribution in [0.25, 0.3) is 0 Å². The van der Waals surface area contributed by atoms with Crippen molar-refractivity contribution >= 4 is 17.5 Å². The van der Waals surface area contributed by atoms with Gasteiger partial charge in [0.05, 0.1) is 11.9 Å². The number of aryl methyl sites for hydroxylation is 1. The van der Waals surface area contributed by atoms with Gasteiger partial charge in [-0.15, -0.1) is 0 Å². The van der Waals surface area contributed by atoms with Crippen LogP contribution in [0.15, 0.2) is 42.7 Å². The Labute approximate surface area is 116 Å². The molecule has 0 fully saturated rings. The highest BCUT2D eigenvalue weighted by Crippen LogP contribution is 2.07. The van der Waals surface area contributed by atoms with E-state index in [1.165, 1.54) is 10.9 Å². The van der Waals surface area contributed by atoms with E-state index in [-0.39, 0.29) is 12.5 Å². The Morgan fingerprint density at radius 3 is 2.70 bits per heavy atom. The first-order valence-corrected chi connectivity index (χ1v) is 6.28. The van der Waals surface area contributed by atoms with Crippen LogP contribution in [0.4, 0.5) is 5.69 Å². The molecule has 6 heteroatoms. The van der Waals surface area contributed by atoms with Gasteiger partial charge in [-0.2, -0.15) is 5.10 Å². The Morgan fingerprint density at radius 1 is 1.25 bits per heavy atom. The number of nitrogens with one attached hydrogen (secondary N) is 1. The number of rotatable bonds is 6. The molecule has 0 atom stereocenters. The van der Waals surface area contributed by atoms with Gasteiger partial charge in [0.25, 0.3) is 0 Å². The maximum Gasteiger partial charge on any atom is 0.239 e. The molecule has 0 aliphatic carbocycles. The number of hydrogen-bond donors (Lipinski definition) is 2. The fraction of sp³-hybridized carbons (Fsp3) is 0.214. The van der Waals surface area contributed by atoms with Gasteiger partial charge >= 0.3 is 0 Å². The van der Waals surface area contributed by atoms with Crippen LogP contribution in [0.2, 0.25) is 0 Å². The molecule has 3 N–H and O–H groups in total. The van der Waals surface area contributed by atoms with Crippen molar-refractivity contribution in [1.82, 2.24) is 9.78 Å². The van der Waals surface area contributed by atoms with Crippen molar-refractivity contribution in [3.05, 3.63) is 48.3 Å². The van der Waals surface area contributed by atoms with E-state index in [0.29, 0.717) is 18.5 Å². The van der Waals surface area contributed by atoms with E-state index in [4.69, 9.17) is 5.73 Å². The third-order valence-corrected chi connectivity index (χ3v) is 2.72. The van der Waals surface area contributed by atoms with E-state index in [1.54, 1.807) is 6.20 Å². The van der Waals surface area contributed by atoms with Crippen molar-refractivity contribution in [3.63, 3.8) is 0 Å². The smallest absolute Gasteiger partial charge is 0.239 e. The lowest BCUT2D eigenvalue weighted by molar-refractivity contribution is -0.118. The molecule has 2 aromatic rings. The summed E-state index contributed by atoms with van der Waals surface area (Å²) in [7, 11) is 0. The van der Waals surface area contributed by atoms with Crippen LogP contribution >= 0.6 is 0 Å². The molecule has 1 aromatic carbocycles. The van der Waals surface area contributed by atoms with Crippen molar-refractivity contribution in [2.24, 2.45) is 5.73 Å². The summed E-state index contributed by atoms with van der Waals surface area (Å²) in [6, 6.07) is 9.80. The van der Waals surface area contributed by atoms with Crippen molar-refractivity contribution in [2.45, 2.75) is 19.4 Å². The first-order chi connectivity index (χ1) is 9.63. The molecule has 1 heterocycles. The van der Waals surface area contributed by atoms with E-state index < -0.39 is 5.91 Å². The number of primary amides is 1. The number of aromatic nitrogens is 2. The first kappa shape index (κ1) is 13.8. The molecule has 6 nitrogen and oxygen atoms in total. The molecule has 2 rings (SSSR count). The number of carbonyl (C=O) groups excluding carboxylic acids is 2. The molecule has 0 aliphatic rings. The maximum atomic E-state index is 11.8. The molecule has 0 saturated carbocycles. The van der Waals surface area contributed by atoms with Crippen LogP contribution in [0.3, 0.4) is 0 Å². The number of nitrogens with zero attached hydrogens (tertiary/aromatic N) is 2. The highest BCUT2D eigenvalue weighted by atomic mass is 16.2. The van der Waals surface area contributed by atoms with Crippen molar-refractivity contribution in [3.8, 4) is 0 Å². The molecule has 0 bridgehead atoms. The normalized spacial score (nSPS) is 10.2. The second-order valence-electron chi connectivity index (χ2n) is 4.43. The molecule has 0 aliphatic heterocycles. The molecular weight excluding hydrogens is 256 g/mol. The van der Waals surface area contributed by atoms with Crippen LogP contribution in [0, 0.1) is 0 Å². The topological polar surface area (TPSA) is 90.0 Å². The lowest BCUT2D eigenvalue weighted by Crippen LogP contribution is -2.18. The monoisotopic (exact) mass is 272 g/mol. The minimum absolute atomic E-state index is 0.000113. The number of amides is 2. The van der Waals surface area contributed by atoms with Crippen LogP contribution in [0.5, 0.6) is 0 Å². The molecule has 0 radical (unpaired) electrons. The lowest BCUT2D eigenvalue weighted by Gasteiger charge is -2.02. The second kappa shape index (κ2) is 6.51. The van der Waals surface area contributed by atoms with Crippen LogP contribution in [-0.4, -0.2) is 21.6 Å². The molecule has 20 heavy (non-hydrogen) atoms. The molecule has 0 saturated heterocycles. The summed E-state index contributed by atoms with van der Waals surface area (Å²) in [6.45, 7) is -0.000113. The quantitative estimate of drug-likeness (QED) is 0.820. The van der Waals surface area contributed by atoms with Gasteiger partial charge in [0.2, 0.25) is 11.8 Å². The number of benzene rings is 1. The van der Waals surface area contributed by atoms with Crippen LogP contribution < -0.4 is 11.1 Å². The Morgan fingerprint density at radius 2 is 2.00 bits per heavy atom. The summed E-state index contributed by atoms with van der Waals surface area (Å²) >= 11 is 0. The molecule has 2 amide bonds. The predicted molar refractivity (Wildman–Crippen MR) is 74.8 cm³/mol. The van der Waals surface area contributed by atoms with Gasteiger partial charge in [-0.25, -0.2) is 0 Å². The third-order valence-electron chi connectivity index (χ3n) is 2.72. The molecule has 0 unspecified atom stereocenters. The van der Waals surface area contributed by atoms with Crippen LogP contribution in [-0.2, 0) is 22.6 Å². The molecular formula is C14H16N4O2. The Bertz CT molecular complexity index is 592. The zero-order valence-corrected chi connectivity index (χ0v) is 11.0. The third kappa shape index (κ3) is 4.24. The van der Waals surface area contributed by atoms with Gasteiger partial charge in [-0.05, 0) is 12.0 Å². The van der Waals surface area contributed by atoms with Crippen LogP contribution in [0.1, 0.15) is 12.0 Å². The first-order valence-electron chi connectivity index (χ1n) is 6.28. The number of anilines is 1. The second-order valence-corrected chi connectivity index (χ2v) is 4.43. The van der Waals surface area contributed by atoms with Gasteiger partial charge in [0.15, 0.2) is 0 Å². The Kier molecular flexibility index (Phi) is 4.49. The van der Waals surface area contributed by atoms with E-state index in [9.17, 15) is 9.59 Å². The van der Waals surface area contributed by atoms with Crippen molar-refractivity contribution in [2.75, 3.05) is 5.32 Å². The van der Waals surface area contributed by atoms with Crippen molar-refractivity contribution < 1.29 is 9.59 Å². The zero-order chi connectivity index (χ0) is 14.4. The summed E-state index contributed by atoms with van der Waals surface area (Å²) < 4.78 is 1.38. The lowest BCUT2D eigenvalue weighted by atomic mass is 10.1. The van der Waals surface area contributed by atoms with Gasteiger partial charge in [0, 0.05) is 12.6 Å². The number of hydrogen-bond acceptors (Lipinski definition) is 3. The van der Waals surface area contributed by atoms with E-state index in [0.717, 1.165) is 5.56 Å². The molecule has 0 spiro atoms. The zero-order valence-electron chi connectivity index (χ0n) is 11.0. The Hall–Kier alpha value is -2.63. The van der Waals surface area contributed by atoms with E-state index in [1.807, 2.05) is 30.3 Å². The fourth-order valence-electron chi connectivity index (χ4n) is 1.80. The summed E-state index contributed by atoms with van der Waals surface area (Å²) in [6.07, 6.45) is 4.14. The van der Waals surface area contributed by atoms with Gasteiger partial charge in [-0.3, -0.25) is 14.3 Å². The summed E-state index contributed by atoms with van der Waals surface area (Å²) in [5.74, 6) is -0.567. The van der Waals surface area contributed by atoms with E-state index in [2.05, 4.69) is 10.4 Å². The number of carbonyl (C=O) groups is 2. The SMILES string of the molecule is NC(=O)Cn1cc(NC(=O)CCc2ccccc2)cn1. The van der Waals surface area contributed by atoms with Gasteiger partial charge in [-0.1, -0.05) is 30.3 Å². The summed E-state index contributed by atoms with van der Waals surface area (Å²) in [4.78, 5) is 22.5. The molecule has 1 aromatic heterocycles. The van der Waals surface area contributed by atoms with Gasteiger partial charge < -0.3 is 11.1 Å². The average Bonchev–Trinajstić information content (AvgIpc) is 2.84. The maximum absolute atomic E-state index is 11.8. The van der Waals surface area contributed by atoms with Crippen molar-refractivity contribution in [1.29, 1.82) is 0 Å². The van der Waals surface area contributed by atoms with E-state index >= 15 is 0 Å². The largest absolute Gasteiger partial charge is 0.368 e. The van der Waals surface area contributed by atoms with Gasteiger partial charge in [0.1, 0.15) is 6.54 Å². The standard InChI is InChI=1S/C14H16N4O2/c15-13(19)10-18-9-12(8-16-18)17-14(20)7-6-11-4-2-1-3-5-11/h1-5,8-9H,6-7,10H2,(H2,15,19)(H,17,20). The average molecular weight is 272 g/mol. The predicted octanol–water partition coefficient (Wildman–Crippen LogP) is 0.940. The minimum atomic E-state index is -0.477.